The molecule has 0 amide bonds. The predicted molar refractivity (Wildman–Crippen MR) is 78.9 cm³/mol. The number of aromatic nitrogens is 2. The molecule has 1 N–H and O–H groups in total. The van der Waals surface area contributed by atoms with Gasteiger partial charge in [-0.3, -0.25) is 4.40 Å². The molecule has 9 heteroatoms. The normalized spacial score (nSPS) is 12.1. The number of hydrogen-bond donors (Lipinski definition) is 1. The molecule has 20 heavy (non-hydrogen) atoms. The first kappa shape index (κ1) is 15.5. The maximum atomic E-state index is 12.2. The van der Waals surface area contributed by atoms with Crippen LogP contribution in [0.2, 0.25) is 5.15 Å². The van der Waals surface area contributed by atoms with E-state index in [1.165, 1.54) is 15.7 Å². The van der Waals surface area contributed by atoms with Crippen LogP contribution >= 0.6 is 22.9 Å². The second-order valence-electron chi connectivity index (χ2n) is 4.17. The highest BCUT2D eigenvalue weighted by Gasteiger charge is 2.24. The average molecular weight is 336 g/mol. The van der Waals surface area contributed by atoms with E-state index in [-0.39, 0.29) is 23.3 Å². The van der Waals surface area contributed by atoms with E-state index in [1.54, 1.807) is 11.6 Å². The number of nitrogens with one attached hydrogen (secondary N) is 1. The highest BCUT2D eigenvalue weighted by molar-refractivity contribution is 7.89. The fraction of sp³-hybridized carbons (Fsp3) is 0.364. The third kappa shape index (κ3) is 3.39. The molecule has 0 saturated heterocycles. The molecule has 0 fully saturated rings. The van der Waals surface area contributed by atoms with E-state index < -0.39 is 10.0 Å². The number of rotatable bonds is 7. The number of fused-ring (bicyclic) bond motifs is 1. The summed E-state index contributed by atoms with van der Waals surface area (Å²) in [6.07, 6.45) is 1.62. The summed E-state index contributed by atoms with van der Waals surface area (Å²) in [6.45, 7) is 6.35. The van der Waals surface area contributed by atoms with Gasteiger partial charge in [0.1, 0.15) is 0 Å². The van der Waals surface area contributed by atoms with Crippen molar-refractivity contribution in [2.24, 2.45) is 0 Å². The molecule has 0 aromatic carbocycles. The van der Waals surface area contributed by atoms with Crippen LogP contribution in [0.1, 0.15) is 6.92 Å². The molecule has 6 nitrogen and oxygen atoms in total. The van der Waals surface area contributed by atoms with Crippen LogP contribution in [0.4, 0.5) is 0 Å². The summed E-state index contributed by atoms with van der Waals surface area (Å²) < 4.78 is 33.5. The highest BCUT2D eigenvalue weighted by atomic mass is 35.5. The standard InChI is InChI=1S/C11H14ClN3O3S2/c1-8(2)7-18-5-3-13-20(16,17)10-9(12)14-11-15(10)4-6-19-11/h4,6,13H,1,3,5,7H2,2H3. The Morgan fingerprint density at radius 2 is 2.40 bits per heavy atom. The van der Waals surface area contributed by atoms with Gasteiger partial charge in [0.2, 0.25) is 0 Å². The van der Waals surface area contributed by atoms with Crippen LogP contribution in [-0.4, -0.2) is 37.6 Å². The van der Waals surface area contributed by atoms with Gasteiger partial charge in [-0.2, -0.15) is 0 Å². The van der Waals surface area contributed by atoms with Gasteiger partial charge in [0.15, 0.2) is 15.1 Å². The second-order valence-corrected chi connectivity index (χ2v) is 7.08. The number of nitrogens with zero attached hydrogens (tertiary/aromatic N) is 2. The Hall–Kier alpha value is -0.930. The van der Waals surface area contributed by atoms with E-state index >= 15 is 0 Å². The molecule has 2 heterocycles. The summed E-state index contributed by atoms with van der Waals surface area (Å²) in [5, 5.41) is 1.66. The molecule has 0 unspecified atom stereocenters. The number of hydrogen-bond acceptors (Lipinski definition) is 5. The molecule has 2 aromatic heterocycles. The summed E-state index contributed by atoms with van der Waals surface area (Å²) in [5.41, 5.74) is 0.881. The molecule has 0 spiro atoms. The van der Waals surface area contributed by atoms with Crippen LogP contribution in [-0.2, 0) is 14.8 Å². The van der Waals surface area contributed by atoms with Crippen LogP contribution in [0.15, 0.2) is 28.8 Å². The molecule has 0 aliphatic rings. The van der Waals surface area contributed by atoms with Gasteiger partial charge in [0.05, 0.1) is 13.2 Å². The van der Waals surface area contributed by atoms with Gasteiger partial charge in [0, 0.05) is 18.1 Å². The lowest BCUT2D eigenvalue weighted by molar-refractivity contribution is 0.162. The van der Waals surface area contributed by atoms with Gasteiger partial charge in [-0.05, 0) is 6.92 Å². The molecular formula is C11H14ClN3O3S2. The van der Waals surface area contributed by atoms with Gasteiger partial charge in [-0.1, -0.05) is 23.8 Å². The third-order valence-electron chi connectivity index (χ3n) is 2.32. The maximum absolute atomic E-state index is 12.2. The summed E-state index contributed by atoms with van der Waals surface area (Å²) in [6, 6.07) is 0. The molecule has 2 aromatic rings. The average Bonchev–Trinajstić information content (AvgIpc) is 2.86. The third-order valence-corrected chi connectivity index (χ3v) is 4.94. The minimum absolute atomic E-state index is 0.0350. The largest absolute Gasteiger partial charge is 0.376 e. The van der Waals surface area contributed by atoms with E-state index in [0.29, 0.717) is 11.6 Å². The lowest BCUT2D eigenvalue weighted by Crippen LogP contribution is -2.28. The minimum atomic E-state index is -3.72. The van der Waals surface area contributed by atoms with E-state index in [1.807, 2.05) is 6.92 Å². The van der Waals surface area contributed by atoms with Crippen molar-refractivity contribution in [1.29, 1.82) is 0 Å². The van der Waals surface area contributed by atoms with Crippen LogP contribution in [0.25, 0.3) is 4.96 Å². The summed E-state index contributed by atoms with van der Waals surface area (Å²) >= 11 is 7.20. The van der Waals surface area contributed by atoms with Crippen molar-refractivity contribution in [1.82, 2.24) is 14.1 Å². The fourth-order valence-corrected chi connectivity index (χ4v) is 4.00. The van der Waals surface area contributed by atoms with Gasteiger partial charge in [0.25, 0.3) is 10.0 Å². The lowest BCUT2D eigenvalue weighted by Gasteiger charge is -2.07. The van der Waals surface area contributed by atoms with E-state index in [0.717, 1.165) is 5.57 Å². The molecule has 110 valence electrons. The molecule has 0 bridgehead atoms. The monoisotopic (exact) mass is 335 g/mol. The van der Waals surface area contributed by atoms with E-state index in [4.69, 9.17) is 16.3 Å². The Labute approximate surface area is 126 Å². The van der Waals surface area contributed by atoms with E-state index in [2.05, 4.69) is 16.3 Å². The van der Waals surface area contributed by atoms with E-state index in [9.17, 15) is 8.42 Å². The number of ether oxygens (including phenoxy) is 1. The summed E-state index contributed by atoms with van der Waals surface area (Å²) in [4.78, 5) is 4.53. The second kappa shape index (κ2) is 6.23. The molecule has 0 aliphatic heterocycles. The SMILES string of the molecule is C=C(C)COCCNS(=O)(=O)c1c(Cl)nc2sccn12. The highest BCUT2D eigenvalue weighted by Crippen LogP contribution is 2.24. The molecule has 0 radical (unpaired) electrons. The smallest absolute Gasteiger partial charge is 0.259 e. The lowest BCUT2D eigenvalue weighted by atomic mass is 10.4. The Morgan fingerprint density at radius 3 is 3.10 bits per heavy atom. The first-order valence-electron chi connectivity index (χ1n) is 5.74. The van der Waals surface area contributed by atoms with Crippen molar-refractivity contribution in [3.05, 3.63) is 28.9 Å². The summed E-state index contributed by atoms with van der Waals surface area (Å²) in [7, 11) is -3.72. The molecule has 0 atom stereocenters. The van der Waals surface area contributed by atoms with Crippen LogP contribution < -0.4 is 4.72 Å². The number of imidazole rings is 1. The van der Waals surface area contributed by atoms with Crippen LogP contribution in [0.5, 0.6) is 0 Å². The quantitative estimate of drug-likeness (QED) is 0.619. The zero-order valence-corrected chi connectivity index (χ0v) is 13.2. The van der Waals surface area contributed by atoms with Gasteiger partial charge >= 0.3 is 0 Å². The van der Waals surface area contributed by atoms with Crippen molar-refractivity contribution in [3.8, 4) is 0 Å². The molecular weight excluding hydrogens is 322 g/mol. The Balaban J connectivity index is 2.05. The number of sulfonamides is 1. The van der Waals surface area contributed by atoms with Gasteiger partial charge in [-0.25, -0.2) is 18.1 Å². The van der Waals surface area contributed by atoms with Crippen molar-refractivity contribution in [2.75, 3.05) is 19.8 Å². The summed E-state index contributed by atoms with van der Waals surface area (Å²) in [5.74, 6) is 0. The zero-order chi connectivity index (χ0) is 14.8. The van der Waals surface area contributed by atoms with Gasteiger partial charge < -0.3 is 4.74 Å². The molecule has 2 rings (SSSR count). The minimum Gasteiger partial charge on any atom is -0.376 e. The first-order chi connectivity index (χ1) is 9.42. The Bertz CT molecular complexity index is 720. The zero-order valence-electron chi connectivity index (χ0n) is 10.8. The number of thiazole rings is 1. The Kier molecular flexibility index (Phi) is 4.82. The van der Waals surface area contributed by atoms with Crippen molar-refractivity contribution in [2.45, 2.75) is 11.9 Å². The fourth-order valence-electron chi connectivity index (χ4n) is 1.54. The molecule has 0 saturated carbocycles. The van der Waals surface area contributed by atoms with Crippen molar-refractivity contribution in [3.63, 3.8) is 0 Å². The Morgan fingerprint density at radius 1 is 1.65 bits per heavy atom. The van der Waals surface area contributed by atoms with Crippen LogP contribution in [0.3, 0.4) is 0 Å². The van der Waals surface area contributed by atoms with Crippen molar-refractivity contribution >= 4 is 37.9 Å². The number of halogens is 1. The topological polar surface area (TPSA) is 72.7 Å². The maximum Gasteiger partial charge on any atom is 0.259 e. The molecule has 0 aliphatic carbocycles. The van der Waals surface area contributed by atoms with Gasteiger partial charge in [-0.15, -0.1) is 11.3 Å². The van der Waals surface area contributed by atoms with Crippen LogP contribution in [0, 0.1) is 0 Å². The van der Waals surface area contributed by atoms with Crippen molar-refractivity contribution < 1.29 is 13.2 Å². The predicted octanol–water partition coefficient (Wildman–Crippen LogP) is 1.92. The first-order valence-corrected chi connectivity index (χ1v) is 8.49.